The lowest BCUT2D eigenvalue weighted by Gasteiger charge is -2.08. The molecule has 0 spiro atoms. The molecule has 2 aromatic heterocycles. The first-order chi connectivity index (χ1) is 9.21. The van der Waals surface area contributed by atoms with Crippen LogP contribution in [0.4, 0.5) is 0 Å². The van der Waals surface area contributed by atoms with Crippen molar-refractivity contribution in [1.82, 2.24) is 9.61 Å². The van der Waals surface area contributed by atoms with Crippen LogP contribution < -0.4 is 4.74 Å². The molecule has 0 saturated heterocycles. The van der Waals surface area contributed by atoms with E-state index in [4.69, 9.17) is 16.3 Å². The second-order valence-corrected chi connectivity index (χ2v) is 5.02. The molecule has 104 valence electrons. The Kier molecular flexibility index (Phi) is 4.70. The fourth-order valence-corrected chi connectivity index (χ4v) is 2.59. The Bertz CT molecular complexity index is 563. The van der Waals surface area contributed by atoms with Gasteiger partial charge in [-0.2, -0.15) is 5.10 Å². The number of nitrogens with zero attached hydrogens (tertiary/aromatic N) is 2. The molecule has 4 heteroatoms. The first-order valence-electron chi connectivity index (χ1n) is 6.91. The highest BCUT2D eigenvalue weighted by Crippen LogP contribution is 2.26. The van der Waals surface area contributed by atoms with Gasteiger partial charge in [0.2, 0.25) is 0 Å². The molecule has 0 radical (unpaired) electrons. The summed E-state index contributed by atoms with van der Waals surface area (Å²) in [5, 5.41) is 4.62. The largest absolute Gasteiger partial charge is 0.492 e. The summed E-state index contributed by atoms with van der Waals surface area (Å²) in [4.78, 5) is 0. The average Bonchev–Trinajstić information content (AvgIpc) is 2.74. The van der Waals surface area contributed by atoms with E-state index in [1.54, 1.807) is 0 Å². The smallest absolute Gasteiger partial charge is 0.146 e. The minimum absolute atomic E-state index is 0.669. The quantitative estimate of drug-likeness (QED) is 0.753. The first-order valence-corrected chi connectivity index (χ1v) is 7.44. The molecule has 2 heterocycles. The molecule has 0 amide bonds. The van der Waals surface area contributed by atoms with Gasteiger partial charge < -0.3 is 4.74 Å². The lowest BCUT2D eigenvalue weighted by Crippen LogP contribution is -2.03. The molecular weight excluding hydrogens is 260 g/mol. The molecule has 3 nitrogen and oxygen atoms in total. The van der Waals surface area contributed by atoms with Crippen molar-refractivity contribution in [2.45, 2.75) is 40.0 Å². The van der Waals surface area contributed by atoms with Crippen molar-refractivity contribution >= 4 is 17.1 Å². The van der Waals surface area contributed by atoms with Gasteiger partial charge >= 0.3 is 0 Å². The molecule has 0 bridgehead atoms. The third-order valence-corrected chi connectivity index (χ3v) is 3.50. The number of ether oxygens (including phenoxy) is 1. The molecule has 0 N–H and O–H groups in total. The Hall–Kier alpha value is -1.22. The maximum atomic E-state index is 5.80. The Balaban J connectivity index is 2.56. The number of fused-ring (bicyclic) bond motifs is 1. The van der Waals surface area contributed by atoms with Gasteiger partial charge in [0.1, 0.15) is 11.3 Å². The highest BCUT2D eigenvalue weighted by atomic mass is 35.5. The normalized spacial score (nSPS) is 11.2. The van der Waals surface area contributed by atoms with Gasteiger partial charge in [-0.05, 0) is 44.7 Å². The summed E-state index contributed by atoms with van der Waals surface area (Å²) in [6.45, 7) is 6.84. The van der Waals surface area contributed by atoms with Crippen molar-refractivity contribution in [3.05, 3.63) is 29.1 Å². The molecule has 0 unspecified atom stereocenters. The van der Waals surface area contributed by atoms with Gasteiger partial charge in [0.15, 0.2) is 0 Å². The van der Waals surface area contributed by atoms with Gasteiger partial charge in [-0.25, -0.2) is 4.52 Å². The van der Waals surface area contributed by atoms with Crippen LogP contribution in [0.15, 0.2) is 12.1 Å². The molecule has 0 aromatic carbocycles. The summed E-state index contributed by atoms with van der Waals surface area (Å²) in [5.74, 6) is 1.61. The van der Waals surface area contributed by atoms with Crippen LogP contribution in [-0.2, 0) is 12.8 Å². The standard InChI is InChI=1S/C15H21ClN2O/c1-4-13-12(7-6-8-16)10-14-15(19-5-2)9-11(3)17-18(13)14/h9-10H,4-8H2,1-3H3. The summed E-state index contributed by atoms with van der Waals surface area (Å²) in [6.07, 6.45) is 2.96. The van der Waals surface area contributed by atoms with E-state index >= 15 is 0 Å². The number of rotatable bonds is 6. The Labute approximate surface area is 119 Å². The van der Waals surface area contributed by atoms with E-state index in [1.165, 1.54) is 11.3 Å². The first kappa shape index (κ1) is 14.2. The van der Waals surface area contributed by atoms with Crippen LogP contribution in [0.3, 0.4) is 0 Å². The van der Waals surface area contributed by atoms with E-state index in [0.717, 1.165) is 36.2 Å². The molecule has 0 atom stereocenters. The summed E-state index contributed by atoms with van der Waals surface area (Å²) in [5.41, 5.74) is 4.64. The predicted octanol–water partition coefficient (Wildman–Crippen LogP) is 3.78. The van der Waals surface area contributed by atoms with Crippen molar-refractivity contribution in [2.24, 2.45) is 0 Å². The topological polar surface area (TPSA) is 26.5 Å². The number of hydrogen-bond donors (Lipinski definition) is 0. The number of alkyl halides is 1. The van der Waals surface area contributed by atoms with Crippen LogP contribution in [0, 0.1) is 6.92 Å². The van der Waals surface area contributed by atoms with E-state index in [0.29, 0.717) is 12.5 Å². The summed E-state index contributed by atoms with van der Waals surface area (Å²) in [7, 11) is 0. The molecule has 0 saturated carbocycles. The molecule has 0 fully saturated rings. The SMILES string of the molecule is CCOc1cc(C)nn2c(CC)c(CCCCl)cc12. The summed E-state index contributed by atoms with van der Waals surface area (Å²) in [6, 6.07) is 4.20. The van der Waals surface area contributed by atoms with Gasteiger partial charge in [0, 0.05) is 17.6 Å². The van der Waals surface area contributed by atoms with Crippen molar-refractivity contribution in [2.75, 3.05) is 12.5 Å². The van der Waals surface area contributed by atoms with Crippen molar-refractivity contribution < 1.29 is 4.74 Å². The van der Waals surface area contributed by atoms with Crippen LogP contribution in [0.5, 0.6) is 5.75 Å². The number of aryl methyl sites for hydroxylation is 3. The Morgan fingerprint density at radius 1 is 1.32 bits per heavy atom. The zero-order valence-corrected chi connectivity index (χ0v) is 12.6. The van der Waals surface area contributed by atoms with Gasteiger partial charge in [-0.15, -0.1) is 11.6 Å². The zero-order chi connectivity index (χ0) is 13.8. The summed E-state index contributed by atoms with van der Waals surface area (Å²) >= 11 is 5.80. The van der Waals surface area contributed by atoms with Crippen LogP contribution >= 0.6 is 11.6 Å². The Morgan fingerprint density at radius 3 is 2.74 bits per heavy atom. The van der Waals surface area contributed by atoms with Gasteiger partial charge in [-0.1, -0.05) is 6.92 Å². The monoisotopic (exact) mass is 280 g/mol. The Morgan fingerprint density at radius 2 is 2.11 bits per heavy atom. The van der Waals surface area contributed by atoms with Crippen LogP contribution in [0.1, 0.15) is 37.2 Å². The highest BCUT2D eigenvalue weighted by Gasteiger charge is 2.13. The molecule has 2 aromatic rings. The lowest BCUT2D eigenvalue weighted by molar-refractivity contribution is 0.341. The molecule has 0 aliphatic carbocycles. The summed E-state index contributed by atoms with van der Waals surface area (Å²) < 4.78 is 7.76. The lowest BCUT2D eigenvalue weighted by atomic mass is 10.1. The maximum absolute atomic E-state index is 5.80. The minimum atomic E-state index is 0.669. The maximum Gasteiger partial charge on any atom is 0.146 e. The molecule has 0 aliphatic rings. The number of hydrogen-bond acceptors (Lipinski definition) is 2. The molecule has 19 heavy (non-hydrogen) atoms. The number of halogens is 1. The van der Waals surface area contributed by atoms with E-state index < -0.39 is 0 Å². The average molecular weight is 281 g/mol. The van der Waals surface area contributed by atoms with Gasteiger partial charge in [0.25, 0.3) is 0 Å². The van der Waals surface area contributed by atoms with Crippen LogP contribution in [0.25, 0.3) is 5.52 Å². The van der Waals surface area contributed by atoms with Crippen molar-refractivity contribution in [3.8, 4) is 5.75 Å². The zero-order valence-electron chi connectivity index (χ0n) is 11.9. The minimum Gasteiger partial charge on any atom is -0.492 e. The van der Waals surface area contributed by atoms with E-state index in [1.807, 2.05) is 24.4 Å². The van der Waals surface area contributed by atoms with E-state index in [2.05, 4.69) is 18.1 Å². The fourth-order valence-electron chi connectivity index (χ4n) is 2.45. The second kappa shape index (κ2) is 6.29. The second-order valence-electron chi connectivity index (χ2n) is 4.64. The van der Waals surface area contributed by atoms with Crippen molar-refractivity contribution in [1.29, 1.82) is 0 Å². The van der Waals surface area contributed by atoms with Crippen molar-refractivity contribution in [3.63, 3.8) is 0 Å². The third kappa shape index (κ3) is 2.86. The van der Waals surface area contributed by atoms with E-state index in [9.17, 15) is 0 Å². The van der Waals surface area contributed by atoms with Gasteiger partial charge in [0.05, 0.1) is 12.3 Å². The molecule has 0 aliphatic heterocycles. The number of aromatic nitrogens is 2. The molecule has 2 rings (SSSR count). The fraction of sp³-hybridized carbons (Fsp3) is 0.533. The third-order valence-electron chi connectivity index (χ3n) is 3.23. The predicted molar refractivity (Wildman–Crippen MR) is 79.5 cm³/mol. The van der Waals surface area contributed by atoms with Crippen LogP contribution in [0.2, 0.25) is 0 Å². The van der Waals surface area contributed by atoms with Gasteiger partial charge in [-0.3, -0.25) is 0 Å². The van der Waals surface area contributed by atoms with Crippen LogP contribution in [-0.4, -0.2) is 22.1 Å². The van der Waals surface area contributed by atoms with E-state index in [-0.39, 0.29) is 0 Å². The highest BCUT2D eigenvalue weighted by molar-refractivity contribution is 6.17. The molecular formula is C15H21ClN2O.